The van der Waals surface area contributed by atoms with Crippen molar-refractivity contribution < 1.29 is 0 Å². The molecule has 0 bridgehead atoms. The van der Waals surface area contributed by atoms with Gasteiger partial charge in [-0.25, -0.2) is 0 Å². The Hall–Kier alpha value is -0.0800. The third-order valence-corrected chi connectivity index (χ3v) is 6.01. The minimum absolute atomic E-state index is 0.800. The Bertz CT molecular complexity index is 260. The highest BCUT2D eigenvalue weighted by atomic mass is 15.2. The van der Waals surface area contributed by atoms with Crippen molar-refractivity contribution in [2.75, 3.05) is 20.1 Å². The zero-order valence-electron chi connectivity index (χ0n) is 12.1. The molecule has 0 radical (unpaired) electrons. The van der Waals surface area contributed by atoms with Crippen LogP contribution in [-0.4, -0.2) is 37.1 Å². The fourth-order valence-corrected chi connectivity index (χ4v) is 4.97. The van der Waals surface area contributed by atoms with Crippen LogP contribution >= 0.6 is 0 Å². The monoisotopic (exact) mass is 250 g/mol. The number of nitrogens with one attached hydrogen (secondary N) is 1. The zero-order valence-corrected chi connectivity index (χ0v) is 12.1. The maximum absolute atomic E-state index is 3.39. The zero-order chi connectivity index (χ0) is 12.4. The maximum atomic E-state index is 3.39. The molecule has 2 saturated carbocycles. The predicted molar refractivity (Wildman–Crippen MR) is 76.8 cm³/mol. The van der Waals surface area contributed by atoms with Crippen molar-refractivity contribution in [3.8, 4) is 0 Å². The average molecular weight is 250 g/mol. The number of hydrogen-bond donors (Lipinski definition) is 1. The largest absolute Gasteiger partial charge is 0.318 e. The first-order chi connectivity index (χ1) is 8.83. The average Bonchev–Trinajstić information content (AvgIpc) is 3.02. The van der Waals surface area contributed by atoms with Crippen LogP contribution in [0.2, 0.25) is 0 Å². The molecule has 1 saturated heterocycles. The lowest BCUT2D eigenvalue weighted by Crippen LogP contribution is -2.46. The summed E-state index contributed by atoms with van der Waals surface area (Å²) in [7, 11) is 2.10. The van der Waals surface area contributed by atoms with Gasteiger partial charge in [-0.15, -0.1) is 0 Å². The van der Waals surface area contributed by atoms with Gasteiger partial charge < -0.3 is 5.32 Å². The highest BCUT2D eigenvalue weighted by molar-refractivity contribution is 4.94. The third-order valence-electron chi connectivity index (χ3n) is 6.01. The third kappa shape index (κ3) is 2.46. The van der Waals surface area contributed by atoms with E-state index in [1.165, 1.54) is 64.5 Å². The first-order valence-corrected chi connectivity index (χ1v) is 8.23. The lowest BCUT2D eigenvalue weighted by molar-refractivity contribution is 0.0829. The van der Waals surface area contributed by atoms with Crippen molar-refractivity contribution in [3.63, 3.8) is 0 Å². The second-order valence-electron chi connectivity index (χ2n) is 7.03. The van der Waals surface area contributed by atoms with E-state index in [0.717, 1.165) is 17.5 Å². The first kappa shape index (κ1) is 12.9. The summed E-state index contributed by atoms with van der Waals surface area (Å²) in [5.41, 5.74) is 0.800. The van der Waals surface area contributed by atoms with Crippen molar-refractivity contribution in [3.05, 3.63) is 0 Å². The highest BCUT2D eigenvalue weighted by Gasteiger charge is 2.40. The fourth-order valence-electron chi connectivity index (χ4n) is 4.97. The van der Waals surface area contributed by atoms with Gasteiger partial charge in [-0.3, -0.25) is 4.90 Å². The molecule has 1 aliphatic heterocycles. The fraction of sp³-hybridized carbons (Fsp3) is 1.00. The molecule has 3 aliphatic rings. The van der Waals surface area contributed by atoms with Gasteiger partial charge in [0, 0.05) is 18.6 Å². The van der Waals surface area contributed by atoms with E-state index in [4.69, 9.17) is 0 Å². The molecular formula is C16H30N2. The van der Waals surface area contributed by atoms with Crippen LogP contribution < -0.4 is 5.32 Å². The quantitative estimate of drug-likeness (QED) is 0.827. The topological polar surface area (TPSA) is 15.3 Å². The van der Waals surface area contributed by atoms with Crippen LogP contribution in [0.15, 0.2) is 0 Å². The van der Waals surface area contributed by atoms with E-state index in [-0.39, 0.29) is 0 Å². The maximum Gasteiger partial charge on any atom is 0.0223 e. The van der Waals surface area contributed by atoms with E-state index in [9.17, 15) is 0 Å². The summed E-state index contributed by atoms with van der Waals surface area (Å²) in [5, 5.41) is 3.39. The number of likely N-dealkylation sites (N-methyl/N-ethyl adjacent to an activating group) is 1. The molecule has 3 fully saturated rings. The molecule has 3 rings (SSSR count). The molecule has 1 N–H and O–H groups in total. The Morgan fingerprint density at radius 3 is 2.39 bits per heavy atom. The molecule has 1 spiro atoms. The van der Waals surface area contributed by atoms with E-state index in [1.807, 2.05) is 0 Å². The molecule has 0 aromatic rings. The van der Waals surface area contributed by atoms with Crippen LogP contribution in [0.3, 0.4) is 0 Å². The lowest BCUT2D eigenvalue weighted by Gasteiger charge is -2.42. The van der Waals surface area contributed by atoms with Gasteiger partial charge in [0.15, 0.2) is 0 Å². The van der Waals surface area contributed by atoms with Crippen LogP contribution in [0.5, 0.6) is 0 Å². The number of nitrogens with zero attached hydrogens (tertiary/aromatic N) is 1. The molecule has 104 valence electrons. The normalized spacial score (nSPS) is 33.5. The van der Waals surface area contributed by atoms with E-state index in [1.54, 1.807) is 12.8 Å². The van der Waals surface area contributed by atoms with Crippen LogP contribution in [0.4, 0.5) is 0 Å². The molecule has 1 heterocycles. The minimum Gasteiger partial charge on any atom is -0.318 e. The van der Waals surface area contributed by atoms with Gasteiger partial charge >= 0.3 is 0 Å². The molecular weight excluding hydrogens is 220 g/mol. The lowest BCUT2D eigenvalue weighted by atomic mass is 9.71. The van der Waals surface area contributed by atoms with Crippen molar-refractivity contribution >= 4 is 0 Å². The molecule has 2 heteroatoms. The number of hydrogen-bond acceptors (Lipinski definition) is 2. The molecule has 2 nitrogen and oxygen atoms in total. The van der Waals surface area contributed by atoms with Gasteiger partial charge in [0.25, 0.3) is 0 Å². The van der Waals surface area contributed by atoms with E-state index in [2.05, 4.69) is 17.3 Å². The van der Waals surface area contributed by atoms with E-state index < -0.39 is 0 Å². The van der Waals surface area contributed by atoms with Gasteiger partial charge in [-0.05, 0) is 70.4 Å². The van der Waals surface area contributed by atoms with Crippen LogP contribution in [0, 0.1) is 5.41 Å². The Kier molecular flexibility index (Phi) is 3.95. The molecule has 18 heavy (non-hydrogen) atoms. The van der Waals surface area contributed by atoms with Crippen LogP contribution in [-0.2, 0) is 0 Å². The summed E-state index contributed by atoms with van der Waals surface area (Å²) < 4.78 is 0. The van der Waals surface area contributed by atoms with Crippen molar-refractivity contribution in [1.29, 1.82) is 0 Å². The Morgan fingerprint density at radius 2 is 1.72 bits per heavy atom. The number of likely N-dealkylation sites (tertiary alicyclic amines) is 1. The van der Waals surface area contributed by atoms with E-state index in [0.29, 0.717) is 0 Å². The molecule has 2 aliphatic carbocycles. The highest BCUT2D eigenvalue weighted by Crippen LogP contribution is 2.50. The minimum atomic E-state index is 0.800. The molecule has 0 amide bonds. The smallest absolute Gasteiger partial charge is 0.0223 e. The molecule has 0 aromatic carbocycles. The summed E-state index contributed by atoms with van der Waals surface area (Å²) in [6, 6.07) is 1.75. The second kappa shape index (κ2) is 5.50. The summed E-state index contributed by atoms with van der Waals surface area (Å²) in [6.45, 7) is 2.56. The van der Waals surface area contributed by atoms with E-state index >= 15 is 0 Å². The van der Waals surface area contributed by atoms with Crippen LogP contribution in [0.1, 0.15) is 64.2 Å². The van der Waals surface area contributed by atoms with Gasteiger partial charge in [-0.2, -0.15) is 0 Å². The molecule has 0 aromatic heterocycles. The Balaban J connectivity index is 1.55. The van der Waals surface area contributed by atoms with Gasteiger partial charge in [0.05, 0.1) is 0 Å². The first-order valence-electron chi connectivity index (χ1n) is 8.23. The van der Waals surface area contributed by atoms with Crippen molar-refractivity contribution in [2.24, 2.45) is 5.41 Å². The van der Waals surface area contributed by atoms with Gasteiger partial charge in [0.1, 0.15) is 0 Å². The summed E-state index contributed by atoms with van der Waals surface area (Å²) in [4.78, 5) is 2.85. The standard InChI is InChI=1S/C16H30N2/c1-17-13-15-5-4-12-18(15)14-6-10-16(11-7-14)8-2-3-9-16/h14-15,17H,2-13H2,1H3. The number of rotatable bonds is 3. The van der Waals surface area contributed by atoms with Crippen molar-refractivity contribution in [2.45, 2.75) is 76.3 Å². The summed E-state index contributed by atoms with van der Waals surface area (Å²) in [6.07, 6.45) is 15.0. The van der Waals surface area contributed by atoms with Gasteiger partial charge in [0.2, 0.25) is 0 Å². The predicted octanol–water partition coefficient (Wildman–Crippen LogP) is 3.17. The molecule has 1 unspecified atom stereocenters. The Labute approximate surface area is 113 Å². The van der Waals surface area contributed by atoms with Crippen molar-refractivity contribution in [1.82, 2.24) is 10.2 Å². The second-order valence-corrected chi connectivity index (χ2v) is 7.03. The van der Waals surface area contributed by atoms with Gasteiger partial charge in [-0.1, -0.05) is 12.8 Å². The summed E-state index contributed by atoms with van der Waals surface area (Å²) >= 11 is 0. The molecule has 1 atom stereocenters. The summed E-state index contributed by atoms with van der Waals surface area (Å²) in [5.74, 6) is 0. The van der Waals surface area contributed by atoms with Crippen LogP contribution in [0.25, 0.3) is 0 Å². The Morgan fingerprint density at radius 1 is 1.00 bits per heavy atom. The SMILES string of the molecule is CNCC1CCCN1C1CCC2(CCCC2)CC1.